The van der Waals surface area contributed by atoms with Crippen LogP contribution in [0.1, 0.15) is 70.3 Å². The summed E-state index contributed by atoms with van der Waals surface area (Å²) in [6.07, 6.45) is 6.39. The zero-order valence-corrected chi connectivity index (χ0v) is 20.0. The van der Waals surface area contributed by atoms with Crippen LogP contribution in [-0.4, -0.2) is 27.5 Å². The molecule has 1 N–H and O–H groups in total. The fourth-order valence-electron chi connectivity index (χ4n) is 3.44. The first-order valence-electron chi connectivity index (χ1n) is 10.7. The van der Waals surface area contributed by atoms with Crippen molar-refractivity contribution in [3.05, 3.63) is 77.4 Å². The second-order valence-electron chi connectivity index (χ2n) is 7.50. The van der Waals surface area contributed by atoms with Gasteiger partial charge in [0.1, 0.15) is 11.4 Å². The molecule has 3 rings (SSSR count). The fourth-order valence-corrected chi connectivity index (χ4v) is 4.86. The van der Waals surface area contributed by atoms with Gasteiger partial charge in [0.2, 0.25) is 0 Å². The Bertz CT molecular complexity index is 1040. The molecule has 3 aromatic rings. The maximum Gasteiger partial charge on any atom is 0.361 e. The molecular weight excluding hydrogens is 440 g/mol. The molecule has 0 bridgehead atoms. The zero-order valence-electron chi connectivity index (χ0n) is 18.3. The van der Waals surface area contributed by atoms with Crippen molar-refractivity contribution in [3.8, 4) is 5.75 Å². The van der Waals surface area contributed by atoms with Crippen molar-refractivity contribution in [2.75, 3.05) is 5.75 Å². The minimum Gasteiger partial charge on any atom is -0.421 e. The molecule has 168 valence electrons. The lowest BCUT2D eigenvalue weighted by Gasteiger charge is -2.17. The zero-order chi connectivity index (χ0) is 22.9. The molecule has 0 saturated carbocycles. The Balaban J connectivity index is 1.75. The molecule has 1 atom stereocenters. The molecule has 0 aliphatic heterocycles. The van der Waals surface area contributed by atoms with Gasteiger partial charge in [0.15, 0.2) is 5.78 Å². The van der Waals surface area contributed by atoms with Gasteiger partial charge >= 0.3 is 5.97 Å². The van der Waals surface area contributed by atoms with E-state index in [2.05, 4.69) is 29.0 Å². The van der Waals surface area contributed by atoms with Gasteiger partial charge in [-0.05, 0) is 49.6 Å². The topological polar surface area (TPSA) is 72.1 Å². The van der Waals surface area contributed by atoms with Gasteiger partial charge in [-0.2, -0.15) is 12.6 Å². The third-order valence-electron chi connectivity index (χ3n) is 5.07. The molecule has 2 aromatic carbocycles. The van der Waals surface area contributed by atoms with Gasteiger partial charge in [-0.3, -0.25) is 4.79 Å². The average molecular weight is 469 g/mol. The van der Waals surface area contributed by atoms with E-state index in [1.165, 1.54) is 25.0 Å². The summed E-state index contributed by atoms with van der Waals surface area (Å²) in [6, 6.07) is 14.0. The van der Waals surface area contributed by atoms with E-state index in [1.807, 2.05) is 24.3 Å². The van der Waals surface area contributed by atoms with Gasteiger partial charge in [0.25, 0.3) is 0 Å². The molecule has 1 aromatic heterocycles. The third-order valence-corrected chi connectivity index (χ3v) is 6.82. The van der Waals surface area contributed by atoms with Crippen LogP contribution >= 0.6 is 24.4 Å². The lowest BCUT2D eigenvalue weighted by Crippen LogP contribution is -2.13. The monoisotopic (exact) mass is 468 g/mol. The molecule has 0 saturated heterocycles. The minimum atomic E-state index is -0.551. The van der Waals surface area contributed by atoms with E-state index in [9.17, 15) is 9.59 Å². The van der Waals surface area contributed by atoms with Gasteiger partial charge in [-0.25, -0.2) is 9.78 Å². The second kappa shape index (κ2) is 11.9. The fraction of sp³-hybridized carbons (Fsp3) is 0.320. The molecule has 0 spiro atoms. The number of carbonyl (C=O) groups is 2. The van der Waals surface area contributed by atoms with Crippen molar-refractivity contribution in [3.63, 3.8) is 0 Å². The number of aromatic nitrogens is 2. The summed E-state index contributed by atoms with van der Waals surface area (Å²) in [6.45, 7) is 3.56. The number of carbonyl (C=O) groups excluding carboxylic acids is 2. The van der Waals surface area contributed by atoms with E-state index in [-0.39, 0.29) is 16.7 Å². The number of aromatic amines is 1. The lowest BCUT2D eigenvalue weighted by molar-refractivity contribution is 0.0725. The number of esters is 1. The van der Waals surface area contributed by atoms with Crippen LogP contribution in [0, 0.1) is 0 Å². The third kappa shape index (κ3) is 6.26. The summed E-state index contributed by atoms with van der Waals surface area (Å²) in [4.78, 5) is 32.5. The van der Waals surface area contributed by atoms with E-state index in [0.717, 1.165) is 35.5 Å². The van der Waals surface area contributed by atoms with E-state index in [0.29, 0.717) is 17.7 Å². The Morgan fingerprint density at radius 1 is 1.19 bits per heavy atom. The van der Waals surface area contributed by atoms with Gasteiger partial charge in [0.05, 0.1) is 18.1 Å². The summed E-state index contributed by atoms with van der Waals surface area (Å²) >= 11 is 6.47. The number of hydrogen-bond acceptors (Lipinski definition) is 6. The number of rotatable bonds is 11. The molecule has 1 unspecified atom stereocenters. The number of thioether (sulfide) groups is 1. The van der Waals surface area contributed by atoms with Gasteiger partial charge in [0, 0.05) is 15.7 Å². The number of H-pyrrole nitrogens is 1. The van der Waals surface area contributed by atoms with E-state index >= 15 is 0 Å². The second-order valence-corrected chi connectivity index (χ2v) is 9.26. The van der Waals surface area contributed by atoms with Crippen LogP contribution in [0.5, 0.6) is 5.75 Å². The largest absolute Gasteiger partial charge is 0.421 e. The van der Waals surface area contributed by atoms with Crippen LogP contribution in [0.4, 0.5) is 0 Å². The highest BCUT2D eigenvalue weighted by Crippen LogP contribution is 2.36. The number of Topliss-reactive ketones (excluding diaryl/α,β-unsaturated/α-hetero) is 1. The first-order valence-corrected chi connectivity index (χ1v) is 12.2. The van der Waals surface area contributed by atoms with E-state index in [4.69, 9.17) is 17.4 Å². The van der Waals surface area contributed by atoms with Gasteiger partial charge < -0.3 is 9.72 Å². The van der Waals surface area contributed by atoms with E-state index < -0.39 is 5.97 Å². The molecule has 0 aliphatic rings. The van der Waals surface area contributed by atoms with Crippen LogP contribution < -0.4 is 4.74 Å². The highest BCUT2D eigenvalue weighted by atomic mass is 32.2. The Morgan fingerprint density at radius 3 is 2.62 bits per heavy atom. The Morgan fingerprint density at radius 2 is 1.97 bits per heavy atom. The lowest BCUT2D eigenvalue weighted by atomic mass is 10.0. The van der Waals surface area contributed by atoms with Crippen molar-refractivity contribution >= 4 is 36.1 Å². The first-order chi connectivity index (χ1) is 15.5. The SMILES string of the molecule is CCCc1c(SCCCC(S)c2ccccc2)ccc(C(C)=O)c1OC(=O)c1cnc[nH]1. The summed E-state index contributed by atoms with van der Waals surface area (Å²) in [5, 5.41) is 0.206. The molecule has 7 heteroatoms. The van der Waals surface area contributed by atoms with Gasteiger partial charge in [-0.1, -0.05) is 43.7 Å². The van der Waals surface area contributed by atoms with Crippen molar-refractivity contribution in [1.82, 2.24) is 9.97 Å². The number of hydrogen-bond donors (Lipinski definition) is 2. The highest BCUT2D eigenvalue weighted by Gasteiger charge is 2.21. The molecule has 1 heterocycles. The van der Waals surface area contributed by atoms with Crippen molar-refractivity contribution in [1.29, 1.82) is 0 Å². The van der Waals surface area contributed by atoms with Gasteiger partial charge in [-0.15, -0.1) is 11.8 Å². The molecule has 5 nitrogen and oxygen atoms in total. The minimum absolute atomic E-state index is 0.132. The number of nitrogens with one attached hydrogen (secondary N) is 1. The maximum absolute atomic E-state index is 12.6. The summed E-state index contributed by atoms with van der Waals surface area (Å²) < 4.78 is 5.72. The highest BCUT2D eigenvalue weighted by molar-refractivity contribution is 7.99. The Hall–Kier alpha value is -2.51. The molecule has 0 radical (unpaired) electrons. The Labute approximate surface area is 198 Å². The maximum atomic E-state index is 12.6. The molecule has 0 aliphatic carbocycles. The van der Waals surface area contributed by atoms with Crippen LogP contribution in [-0.2, 0) is 6.42 Å². The Kier molecular flexibility index (Phi) is 9.00. The van der Waals surface area contributed by atoms with Crippen LogP contribution in [0.25, 0.3) is 0 Å². The summed E-state index contributed by atoms with van der Waals surface area (Å²) in [5.74, 6) is 0.589. The smallest absolute Gasteiger partial charge is 0.361 e. The van der Waals surface area contributed by atoms with Crippen molar-refractivity contribution in [2.45, 2.75) is 49.7 Å². The van der Waals surface area contributed by atoms with E-state index in [1.54, 1.807) is 17.8 Å². The number of nitrogens with zero attached hydrogens (tertiary/aromatic N) is 1. The summed E-state index contributed by atoms with van der Waals surface area (Å²) in [5.41, 5.74) is 2.81. The number of benzene rings is 2. The quantitative estimate of drug-likeness (QED) is 0.0859. The number of thiol groups is 1. The van der Waals surface area contributed by atoms with Crippen LogP contribution in [0.3, 0.4) is 0 Å². The van der Waals surface area contributed by atoms with Crippen molar-refractivity contribution < 1.29 is 14.3 Å². The predicted molar refractivity (Wildman–Crippen MR) is 132 cm³/mol. The molecule has 32 heavy (non-hydrogen) atoms. The predicted octanol–water partition coefficient (Wildman–Crippen LogP) is 6.33. The van der Waals surface area contributed by atoms with Crippen molar-refractivity contribution in [2.24, 2.45) is 0 Å². The summed E-state index contributed by atoms with van der Waals surface area (Å²) in [7, 11) is 0. The number of ether oxygens (including phenoxy) is 1. The number of imidazole rings is 1. The standard InChI is InChI=1S/C25H28N2O3S2/c1-3-8-20-23(32-14-7-11-22(31)18-9-5-4-6-10-18)13-12-19(17(2)28)24(20)30-25(29)21-15-26-16-27-21/h4-6,9-10,12-13,15-16,22,31H,3,7-8,11,14H2,1-2H3,(H,26,27). The molecular formula is C25H28N2O3S2. The van der Waals surface area contributed by atoms with Crippen LogP contribution in [0.15, 0.2) is 59.9 Å². The normalized spacial score (nSPS) is 11.8. The number of ketones is 1. The van der Waals surface area contributed by atoms with Crippen LogP contribution in [0.2, 0.25) is 0 Å². The average Bonchev–Trinajstić information content (AvgIpc) is 3.34. The molecule has 0 fully saturated rings. The molecule has 0 amide bonds. The first kappa shape index (κ1) is 24.1.